The molecule has 1 aromatic heterocycles. The quantitative estimate of drug-likeness (QED) is 0.619. The highest BCUT2D eigenvalue weighted by atomic mass is 19.1. The van der Waals surface area contributed by atoms with Gasteiger partial charge in [0.2, 0.25) is 5.89 Å². The maximum atomic E-state index is 13.2. The van der Waals surface area contributed by atoms with Gasteiger partial charge in [-0.05, 0) is 42.5 Å². The van der Waals surface area contributed by atoms with Crippen LogP contribution in [0.5, 0.6) is 5.75 Å². The van der Waals surface area contributed by atoms with Crippen LogP contribution in [0.15, 0.2) is 59.2 Å². The Morgan fingerprint density at radius 2 is 2.00 bits per heavy atom. The zero-order chi connectivity index (χ0) is 16.9. The van der Waals surface area contributed by atoms with Gasteiger partial charge in [-0.1, -0.05) is 13.0 Å². The van der Waals surface area contributed by atoms with Crippen molar-refractivity contribution in [1.29, 1.82) is 0 Å². The van der Waals surface area contributed by atoms with Crippen LogP contribution in [0.4, 0.5) is 4.39 Å². The number of halogens is 1. The fourth-order valence-corrected chi connectivity index (χ4v) is 2.23. The highest BCUT2D eigenvalue weighted by Gasteiger charge is 2.08. The lowest BCUT2D eigenvalue weighted by atomic mass is 10.1. The first-order chi connectivity index (χ1) is 11.7. The van der Waals surface area contributed by atoms with E-state index in [1.165, 1.54) is 18.4 Å². The second-order valence-corrected chi connectivity index (χ2v) is 5.24. The molecule has 0 radical (unpaired) electrons. The minimum absolute atomic E-state index is 0.0952. The Labute approximate surface area is 138 Å². The van der Waals surface area contributed by atoms with Crippen molar-refractivity contribution in [2.45, 2.75) is 20.0 Å². The first-order valence-electron chi connectivity index (χ1n) is 7.62. The van der Waals surface area contributed by atoms with E-state index in [1.54, 1.807) is 36.4 Å². The van der Waals surface area contributed by atoms with Gasteiger partial charge in [-0.15, -0.1) is 0 Å². The van der Waals surface area contributed by atoms with Crippen LogP contribution < -0.4 is 4.74 Å². The lowest BCUT2D eigenvalue weighted by Gasteiger charge is -2.04. The number of ketones is 1. The Kier molecular flexibility index (Phi) is 4.70. The summed E-state index contributed by atoms with van der Waals surface area (Å²) in [4.78, 5) is 15.9. The Morgan fingerprint density at radius 1 is 1.21 bits per heavy atom. The number of oxazole rings is 1. The summed E-state index contributed by atoms with van der Waals surface area (Å²) in [7, 11) is 0. The van der Waals surface area contributed by atoms with Gasteiger partial charge < -0.3 is 9.15 Å². The SMILES string of the molecule is CCC(=O)c1ccc(OCc2coc(-c3cccc(F)c3)n2)cc1. The second kappa shape index (κ2) is 7.08. The lowest BCUT2D eigenvalue weighted by Crippen LogP contribution is -1.98. The van der Waals surface area contributed by atoms with Gasteiger partial charge in [0.05, 0.1) is 0 Å². The van der Waals surface area contributed by atoms with E-state index in [1.807, 2.05) is 6.92 Å². The lowest BCUT2D eigenvalue weighted by molar-refractivity contribution is 0.0988. The number of carbonyl (C=O) groups is 1. The summed E-state index contributed by atoms with van der Waals surface area (Å²) in [6, 6.07) is 13.0. The standard InChI is InChI=1S/C19H16FNO3/c1-2-18(22)13-6-8-17(9-7-13)23-11-16-12-24-19(21-16)14-4-3-5-15(20)10-14/h3-10,12H,2,11H2,1H3. The highest BCUT2D eigenvalue weighted by Crippen LogP contribution is 2.20. The molecule has 122 valence electrons. The molecule has 0 aliphatic carbocycles. The number of benzene rings is 2. The van der Waals surface area contributed by atoms with Crippen LogP contribution in [0.25, 0.3) is 11.5 Å². The van der Waals surface area contributed by atoms with Crippen LogP contribution in [0.2, 0.25) is 0 Å². The fraction of sp³-hybridized carbons (Fsp3) is 0.158. The molecule has 3 rings (SSSR count). The summed E-state index contributed by atoms with van der Waals surface area (Å²) in [5.74, 6) is 0.734. The summed E-state index contributed by atoms with van der Waals surface area (Å²) in [5.41, 5.74) is 1.84. The number of carbonyl (C=O) groups excluding carboxylic acids is 1. The topological polar surface area (TPSA) is 52.3 Å². The molecule has 0 aliphatic heterocycles. The van der Waals surface area contributed by atoms with Gasteiger partial charge in [0, 0.05) is 17.5 Å². The Balaban J connectivity index is 1.64. The number of nitrogens with zero attached hydrogens (tertiary/aromatic N) is 1. The normalized spacial score (nSPS) is 10.6. The van der Waals surface area contributed by atoms with E-state index in [2.05, 4.69) is 4.98 Å². The van der Waals surface area contributed by atoms with Crippen molar-refractivity contribution in [2.75, 3.05) is 0 Å². The van der Waals surface area contributed by atoms with Crippen LogP contribution in [-0.2, 0) is 6.61 Å². The fourth-order valence-electron chi connectivity index (χ4n) is 2.23. The number of aromatic nitrogens is 1. The number of Topliss-reactive ketones (excluding diaryl/α,β-unsaturated/α-hetero) is 1. The molecule has 0 saturated carbocycles. The summed E-state index contributed by atoms with van der Waals surface area (Å²) < 4.78 is 24.2. The molecule has 0 atom stereocenters. The molecule has 0 spiro atoms. The Hall–Kier alpha value is -2.95. The predicted molar refractivity (Wildman–Crippen MR) is 87.3 cm³/mol. The van der Waals surface area contributed by atoms with E-state index in [9.17, 15) is 9.18 Å². The summed E-state index contributed by atoms with van der Waals surface area (Å²) in [5, 5.41) is 0. The van der Waals surface area contributed by atoms with Gasteiger partial charge in [0.15, 0.2) is 5.78 Å². The predicted octanol–water partition coefficient (Wildman–Crippen LogP) is 4.65. The third-order valence-electron chi connectivity index (χ3n) is 3.51. The Bertz CT molecular complexity index is 840. The molecule has 0 saturated heterocycles. The average molecular weight is 325 g/mol. The third kappa shape index (κ3) is 3.68. The van der Waals surface area contributed by atoms with Gasteiger partial charge in [0.1, 0.15) is 30.1 Å². The largest absolute Gasteiger partial charge is 0.487 e. The first-order valence-corrected chi connectivity index (χ1v) is 7.62. The smallest absolute Gasteiger partial charge is 0.226 e. The van der Waals surface area contributed by atoms with Crippen molar-refractivity contribution in [3.05, 3.63) is 71.9 Å². The molecule has 24 heavy (non-hydrogen) atoms. The maximum Gasteiger partial charge on any atom is 0.226 e. The molecular weight excluding hydrogens is 309 g/mol. The zero-order valence-electron chi connectivity index (χ0n) is 13.2. The molecule has 0 amide bonds. The number of ether oxygens (including phenoxy) is 1. The molecule has 0 aliphatic rings. The van der Waals surface area contributed by atoms with Crippen molar-refractivity contribution in [1.82, 2.24) is 4.98 Å². The van der Waals surface area contributed by atoms with Crippen LogP contribution in [0.3, 0.4) is 0 Å². The average Bonchev–Trinajstić information content (AvgIpc) is 3.09. The summed E-state index contributed by atoms with van der Waals surface area (Å²) in [6.45, 7) is 2.05. The van der Waals surface area contributed by atoms with Crippen molar-refractivity contribution in [2.24, 2.45) is 0 Å². The minimum atomic E-state index is -0.342. The molecule has 0 bridgehead atoms. The monoisotopic (exact) mass is 325 g/mol. The molecule has 2 aromatic carbocycles. The molecule has 0 unspecified atom stereocenters. The second-order valence-electron chi connectivity index (χ2n) is 5.24. The minimum Gasteiger partial charge on any atom is -0.487 e. The van der Waals surface area contributed by atoms with E-state index in [0.29, 0.717) is 34.9 Å². The maximum absolute atomic E-state index is 13.2. The number of rotatable bonds is 6. The zero-order valence-corrected chi connectivity index (χ0v) is 13.2. The molecule has 4 nitrogen and oxygen atoms in total. The van der Waals surface area contributed by atoms with E-state index < -0.39 is 0 Å². The Morgan fingerprint density at radius 3 is 2.71 bits per heavy atom. The molecule has 5 heteroatoms. The van der Waals surface area contributed by atoms with Crippen LogP contribution in [0, 0.1) is 5.82 Å². The molecule has 1 heterocycles. The summed E-state index contributed by atoms with van der Waals surface area (Å²) >= 11 is 0. The van der Waals surface area contributed by atoms with Crippen LogP contribution in [-0.4, -0.2) is 10.8 Å². The molecule has 3 aromatic rings. The first kappa shape index (κ1) is 15.9. The van der Waals surface area contributed by atoms with Gasteiger partial charge in [-0.2, -0.15) is 0 Å². The molecular formula is C19H16FNO3. The number of hydrogen-bond acceptors (Lipinski definition) is 4. The highest BCUT2D eigenvalue weighted by molar-refractivity contribution is 5.95. The third-order valence-corrected chi connectivity index (χ3v) is 3.51. The van der Waals surface area contributed by atoms with E-state index in [0.717, 1.165) is 0 Å². The van der Waals surface area contributed by atoms with Gasteiger partial charge >= 0.3 is 0 Å². The van der Waals surface area contributed by atoms with E-state index in [4.69, 9.17) is 9.15 Å². The van der Waals surface area contributed by atoms with Crippen molar-refractivity contribution >= 4 is 5.78 Å². The van der Waals surface area contributed by atoms with Gasteiger partial charge in [-0.25, -0.2) is 9.37 Å². The van der Waals surface area contributed by atoms with Gasteiger partial charge in [-0.3, -0.25) is 4.79 Å². The van der Waals surface area contributed by atoms with E-state index in [-0.39, 0.29) is 18.2 Å². The van der Waals surface area contributed by atoms with Crippen LogP contribution in [0.1, 0.15) is 29.4 Å². The number of hydrogen-bond donors (Lipinski definition) is 0. The van der Waals surface area contributed by atoms with Crippen molar-refractivity contribution in [3.8, 4) is 17.2 Å². The van der Waals surface area contributed by atoms with Crippen molar-refractivity contribution < 1.29 is 18.3 Å². The van der Waals surface area contributed by atoms with E-state index >= 15 is 0 Å². The molecule has 0 N–H and O–H groups in total. The molecule has 0 fully saturated rings. The summed E-state index contributed by atoms with van der Waals surface area (Å²) in [6.07, 6.45) is 1.96. The van der Waals surface area contributed by atoms with Gasteiger partial charge in [0.25, 0.3) is 0 Å². The van der Waals surface area contributed by atoms with Crippen LogP contribution >= 0.6 is 0 Å². The van der Waals surface area contributed by atoms with Crippen molar-refractivity contribution in [3.63, 3.8) is 0 Å².